The van der Waals surface area contributed by atoms with Crippen molar-refractivity contribution in [1.29, 1.82) is 0 Å². The minimum atomic E-state index is -0.416. The van der Waals surface area contributed by atoms with E-state index in [0.29, 0.717) is 17.5 Å². The molecule has 0 unspecified atom stereocenters. The van der Waals surface area contributed by atoms with E-state index in [-0.39, 0.29) is 17.8 Å². The number of rotatable bonds is 7. The molecule has 0 aliphatic carbocycles. The summed E-state index contributed by atoms with van der Waals surface area (Å²) < 4.78 is 18.4. The molecule has 2 aromatic heterocycles. The Labute approximate surface area is 209 Å². The average molecular weight is 498 g/mol. The molecule has 0 radical (unpaired) electrons. The summed E-state index contributed by atoms with van der Waals surface area (Å²) in [6.07, 6.45) is 4.46. The molecule has 4 rings (SSSR count). The van der Waals surface area contributed by atoms with Gasteiger partial charge in [-0.2, -0.15) is 0 Å². The molecule has 1 aliphatic heterocycles. The van der Waals surface area contributed by atoms with E-state index < -0.39 is 6.09 Å². The number of anilines is 1. The minimum absolute atomic E-state index is 0.0583. The third-order valence-corrected chi connectivity index (χ3v) is 7.44. The molecule has 7 nitrogen and oxygen atoms in total. The highest BCUT2D eigenvalue weighted by Crippen LogP contribution is 2.27. The largest absolute Gasteiger partial charge is 0.442 e. The third kappa shape index (κ3) is 6.97. The molecule has 1 N–H and O–H groups in total. The molecule has 3 heterocycles. The number of halogens is 1. The Morgan fingerprint density at radius 3 is 2.46 bits per heavy atom. The SMILES string of the molecule is CC(C)(C)c1nnc(COC(=O)NCCC2CCN(c3ccc(-c4ccc(F)cc4)cn3)CC2)s1. The number of benzene rings is 1. The van der Waals surface area contributed by atoms with Gasteiger partial charge in [0.25, 0.3) is 0 Å². The number of alkyl carbamates (subject to hydrolysis) is 1. The lowest BCUT2D eigenvalue weighted by atomic mass is 9.93. The zero-order valence-corrected chi connectivity index (χ0v) is 21.3. The topological polar surface area (TPSA) is 80.2 Å². The standard InChI is InChI=1S/C26H32FN5O2S/c1-26(2,3)24-31-30-23(35-24)17-34-25(33)28-13-10-18-11-14-32(15-12-18)22-9-6-20(16-29-22)19-4-7-21(27)8-5-19/h4-9,16,18H,10-15,17H2,1-3H3,(H,28,33). The molecule has 1 aliphatic rings. The van der Waals surface area contributed by atoms with Crippen molar-refractivity contribution in [3.8, 4) is 11.1 Å². The molecule has 1 aromatic carbocycles. The van der Waals surface area contributed by atoms with Gasteiger partial charge < -0.3 is 15.0 Å². The van der Waals surface area contributed by atoms with E-state index in [9.17, 15) is 9.18 Å². The predicted molar refractivity (Wildman–Crippen MR) is 136 cm³/mol. The van der Waals surface area contributed by atoms with E-state index in [2.05, 4.69) is 46.2 Å². The molecule has 1 amide bonds. The van der Waals surface area contributed by atoms with Crippen LogP contribution in [0.15, 0.2) is 42.6 Å². The number of nitrogens with zero attached hydrogens (tertiary/aromatic N) is 4. The zero-order valence-electron chi connectivity index (χ0n) is 20.5. The molecule has 0 bridgehead atoms. The maximum Gasteiger partial charge on any atom is 0.407 e. The maximum atomic E-state index is 13.1. The van der Waals surface area contributed by atoms with E-state index in [1.54, 1.807) is 12.1 Å². The van der Waals surface area contributed by atoms with Crippen LogP contribution in [0.3, 0.4) is 0 Å². The van der Waals surface area contributed by atoms with E-state index in [1.807, 2.05) is 18.3 Å². The summed E-state index contributed by atoms with van der Waals surface area (Å²) in [4.78, 5) is 18.9. The van der Waals surface area contributed by atoms with E-state index in [1.165, 1.54) is 23.5 Å². The Morgan fingerprint density at radius 2 is 1.83 bits per heavy atom. The number of hydrogen-bond donors (Lipinski definition) is 1. The summed E-state index contributed by atoms with van der Waals surface area (Å²) in [6.45, 7) is 8.85. The Hall–Kier alpha value is -3.07. The predicted octanol–water partition coefficient (Wildman–Crippen LogP) is 5.57. The Balaban J connectivity index is 1.15. The van der Waals surface area contributed by atoms with Crippen molar-refractivity contribution in [2.45, 2.75) is 52.1 Å². The van der Waals surface area contributed by atoms with Gasteiger partial charge in [-0.05, 0) is 55.0 Å². The van der Waals surface area contributed by atoms with Gasteiger partial charge in [0.2, 0.25) is 0 Å². The van der Waals surface area contributed by atoms with Crippen molar-refractivity contribution in [3.05, 3.63) is 58.4 Å². The molecular weight excluding hydrogens is 465 g/mol. The number of ether oxygens (including phenoxy) is 1. The zero-order chi connectivity index (χ0) is 24.8. The van der Waals surface area contributed by atoms with Crippen molar-refractivity contribution in [1.82, 2.24) is 20.5 Å². The van der Waals surface area contributed by atoms with Crippen LogP contribution in [0, 0.1) is 11.7 Å². The fraction of sp³-hybridized carbons (Fsp3) is 0.462. The lowest BCUT2D eigenvalue weighted by molar-refractivity contribution is 0.138. The summed E-state index contributed by atoms with van der Waals surface area (Å²) in [5.41, 5.74) is 1.87. The average Bonchev–Trinajstić information content (AvgIpc) is 3.34. The lowest BCUT2D eigenvalue weighted by Crippen LogP contribution is -2.35. The smallest absolute Gasteiger partial charge is 0.407 e. The van der Waals surface area contributed by atoms with Gasteiger partial charge in [0.05, 0.1) is 0 Å². The number of carbonyl (C=O) groups excluding carboxylic acids is 1. The Kier molecular flexibility index (Phi) is 7.95. The van der Waals surface area contributed by atoms with Gasteiger partial charge in [-0.3, -0.25) is 0 Å². The van der Waals surface area contributed by atoms with Gasteiger partial charge in [0.15, 0.2) is 5.01 Å². The van der Waals surface area contributed by atoms with Crippen LogP contribution in [0.25, 0.3) is 11.1 Å². The quantitative estimate of drug-likeness (QED) is 0.460. The highest BCUT2D eigenvalue weighted by atomic mass is 32.1. The van der Waals surface area contributed by atoms with Gasteiger partial charge in [0.1, 0.15) is 23.2 Å². The first kappa shape index (κ1) is 25.0. The summed E-state index contributed by atoms with van der Waals surface area (Å²) in [6, 6.07) is 10.5. The van der Waals surface area contributed by atoms with Crippen molar-refractivity contribution in [3.63, 3.8) is 0 Å². The van der Waals surface area contributed by atoms with Crippen LogP contribution < -0.4 is 10.2 Å². The van der Waals surface area contributed by atoms with E-state index >= 15 is 0 Å². The number of piperidine rings is 1. The summed E-state index contributed by atoms with van der Waals surface area (Å²) in [7, 11) is 0. The molecule has 1 fully saturated rings. The second kappa shape index (κ2) is 11.1. The fourth-order valence-corrected chi connectivity index (χ4v) is 4.82. The van der Waals surface area contributed by atoms with Gasteiger partial charge >= 0.3 is 6.09 Å². The van der Waals surface area contributed by atoms with Crippen LogP contribution in [-0.2, 0) is 16.8 Å². The number of nitrogens with one attached hydrogen (secondary N) is 1. The minimum Gasteiger partial charge on any atom is -0.442 e. The Morgan fingerprint density at radius 1 is 1.11 bits per heavy atom. The number of aromatic nitrogens is 3. The van der Waals surface area contributed by atoms with Crippen LogP contribution in [0.4, 0.5) is 15.0 Å². The third-order valence-electron chi connectivity index (χ3n) is 6.12. The van der Waals surface area contributed by atoms with Crippen LogP contribution in [0.5, 0.6) is 0 Å². The maximum absolute atomic E-state index is 13.1. The first-order valence-corrected chi connectivity index (χ1v) is 12.8. The molecule has 186 valence electrons. The Bertz CT molecular complexity index is 1100. The first-order chi connectivity index (χ1) is 16.8. The first-order valence-electron chi connectivity index (χ1n) is 12.0. The number of amides is 1. The molecule has 0 atom stereocenters. The number of hydrogen-bond acceptors (Lipinski definition) is 7. The fourth-order valence-electron chi connectivity index (χ4n) is 4.01. The van der Waals surface area contributed by atoms with Gasteiger partial charge in [-0.1, -0.05) is 44.2 Å². The molecule has 0 saturated carbocycles. The van der Waals surface area contributed by atoms with Crippen LogP contribution in [0.1, 0.15) is 50.0 Å². The van der Waals surface area contributed by atoms with Gasteiger partial charge in [-0.25, -0.2) is 14.2 Å². The monoisotopic (exact) mass is 497 g/mol. The number of carbonyl (C=O) groups is 1. The van der Waals surface area contributed by atoms with E-state index in [4.69, 9.17) is 4.74 Å². The molecule has 0 spiro atoms. The van der Waals surface area contributed by atoms with Crippen molar-refractivity contribution in [2.24, 2.45) is 5.92 Å². The van der Waals surface area contributed by atoms with Crippen molar-refractivity contribution in [2.75, 3.05) is 24.5 Å². The lowest BCUT2D eigenvalue weighted by Gasteiger charge is -2.32. The highest BCUT2D eigenvalue weighted by Gasteiger charge is 2.21. The molecule has 3 aromatic rings. The van der Waals surface area contributed by atoms with Crippen molar-refractivity contribution < 1.29 is 13.9 Å². The van der Waals surface area contributed by atoms with Crippen LogP contribution in [0.2, 0.25) is 0 Å². The van der Waals surface area contributed by atoms with Gasteiger partial charge in [0, 0.05) is 36.8 Å². The van der Waals surface area contributed by atoms with Crippen LogP contribution >= 0.6 is 11.3 Å². The van der Waals surface area contributed by atoms with Gasteiger partial charge in [-0.15, -0.1) is 10.2 Å². The molecule has 35 heavy (non-hydrogen) atoms. The highest BCUT2D eigenvalue weighted by molar-refractivity contribution is 7.11. The second-order valence-electron chi connectivity index (χ2n) is 9.88. The summed E-state index contributed by atoms with van der Waals surface area (Å²) in [5, 5.41) is 12.8. The molecule has 1 saturated heterocycles. The van der Waals surface area contributed by atoms with Crippen LogP contribution in [-0.4, -0.2) is 40.9 Å². The van der Waals surface area contributed by atoms with E-state index in [0.717, 1.165) is 54.3 Å². The number of pyridine rings is 1. The molecule has 9 heteroatoms. The summed E-state index contributed by atoms with van der Waals surface area (Å²) in [5.74, 6) is 1.28. The second-order valence-corrected chi connectivity index (χ2v) is 10.9. The normalized spacial score (nSPS) is 14.7. The summed E-state index contributed by atoms with van der Waals surface area (Å²) >= 11 is 1.48. The van der Waals surface area contributed by atoms with Crippen molar-refractivity contribution >= 4 is 23.2 Å². The molecular formula is C26H32FN5O2S.